The smallest absolute Gasteiger partial charge is 0.184 e. The van der Waals surface area contributed by atoms with Crippen molar-refractivity contribution in [2.24, 2.45) is 5.10 Å². The molecule has 0 bridgehead atoms. The van der Waals surface area contributed by atoms with Gasteiger partial charge < -0.3 is 35.0 Å². The molecule has 1 aliphatic rings. The van der Waals surface area contributed by atoms with Gasteiger partial charge in [0.2, 0.25) is 0 Å². The molecule has 9 nitrogen and oxygen atoms in total. The van der Waals surface area contributed by atoms with Gasteiger partial charge in [0.15, 0.2) is 11.7 Å². The lowest BCUT2D eigenvalue weighted by atomic mass is 9.99. The SMILES string of the molecule is CNN=c1nc[nH]c2c1ccn2[C@@H]1O[C@H](C(O)c2ccc(Cl)cc2)[C@@H](O)[C@H]1O.Cl. The molecule has 5 N–H and O–H groups in total. The van der Waals surface area contributed by atoms with Gasteiger partial charge in [-0.05, 0) is 23.8 Å². The fraction of sp³-hybridized carbons (Fsp3) is 0.333. The Kier molecular flexibility index (Phi) is 6.47. The lowest BCUT2D eigenvalue weighted by Gasteiger charge is -2.21. The molecule has 1 aliphatic heterocycles. The summed E-state index contributed by atoms with van der Waals surface area (Å²) >= 11 is 5.88. The van der Waals surface area contributed by atoms with Gasteiger partial charge in [-0.1, -0.05) is 23.7 Å². The molecule has 156 valence electrons. The van der Waals surface area contributed by atoms with Crippen molar-refractivity contribution in [3.63, 3.8) is 0 Å². The zero-order valence-corrected chi connectivity index (χ0v) is 16.9. The molecule has 1 fully saturated rings. The van der Waals surface area contributed by atoms with Gasteiger partial charge in [-0.2, -0.15) is 5.10 Å². The number of hydrogen-bond acceptors (Lipinski definition) is 7. The second-order valence-corrected chi connectivity index (χ2v) is 6.95. The molecule has 1 aromatic carbocycles. The Hall–Kier alpha value is -2.14. The number of fused-ring (bicyclic) bond motifs is 1. The Morgan fingerprint density at radius 3 is 2.66 bits per heavy atom. The highest BCUT2D eigenvalue weighted by molar-refractivity contribution is 6.30. The van der Waals surface area contributed by atoms with E-state index in [2.05, 4.69) is 20.5 Å². The van der Waals surface area contributed by atoms with Gasteiger partial charge in [-0.3, -0.25) is 0 Å². The van der Waals surface area contributed by atoms with Crippen LogP contribution in [0.25, 0.3) is 11.0 Å². The molecular weight excluding hydrogens is 421 g/mol. The summed E-state index contributed by atoms with van der Waals surface area (Å²) in [4.78, 5) is 7.17. The molecule has 11 heteroatoms. The quantitative estimate of drug-likeness (QED) is 0.381. The number of halogens is 2. The highest BCUT2D eigenvalue weighted by atomic mass is 35.5. The largest absolute Gasteiger partial charge is 0.387 e. The van der Waals surface area contributed by atoms with Crippen LogP contribution in [0.3, 0.4) is 0 Å². The average Bonchev–Trinajstić information content (AvgIpc) is 3.25. The zero-order valence-electron chi connectivity index (χ0n) is 15.3. The first-order valence-corrected chi connectivity index (χ1v) is 9.09. The second-order valence-electron chi connectivity index (χ2n) is 6.52. The number of aliphatic hydroxyl groups excluding tert-OH is 3. The van der Waals surface area contributed by atoms with Crippen molar-refractivity contribution in [2.75, 3.05) is 7.05 Å². The van der Waals surface area contributed by atoms with Gasteiger partial charge in [0.1, 0.15) is 30.1 Å². The summed E-state index contributed by atoms with van der Waals surface area (Å²) in [6.45, 7) is 0. The van der Waals surface area contributed by atoms with Crippen LogP contribution in [-0.2, 0) is 4.74 Å². The van der Waals surface area contributed by atoms with E-state index < -0.39 is 30.6 Å². The molecule has 5 atom stereocenters. The van der Waals surface area contributed by atoms with E-state index in [-0.39, 0.29) is 12.4 Å². The molecule has 1 saturated heterocycles. The van der Waals surface area contributed by atoms with Gasteiger partial charge in [0.25, 0.3) is 0 Å². The predicted molar refractivity (Wildman–Crippen MR) is 108 cm³/mol. The summed E-state index contributed by atoms with van der Waals surface area (Å²) in [5.74, 6) is 0. The highest BCUT2D eigenvalue weighted by Crippen LogP contribution is 2.37. The van der Waals surface area contributed by atoms with Crippen molar-refractivity contribution in [1.82, 2.24) is 20.0 Å². The van der Waals surface area contributed by atoms with Crippen LogP contribution < -0.4 is 10.9 Å². The van der Waals surface area contributed by atoms with Crippen LogP contribution in [0.2, 0.25) is 5.02 Å². The van der Waals surface area contributed by atoms with Crippen molar-refractivity contribution < 1.29 is 20.1 Å². The van der Waals surface area contributed by atoms with Crippen molar-refractivity contribution in [2.45, 2.75) is 30.6 Å². The summed E-state index contributed by atoms with van der Waals surface area (Å²) in [5.41, 5.74) is 4.31. The van der Waals surface area contributed by atoms with Gasteiger partial charge in [0.05, 0.1) is 11.7 Å². The summed E-state index contributed by atoms with van der Waals surface area (Å²) in [6.07, 6.45) is -2.39. The van der Waals surface area contributed by atoms with Crippen LogP contribution in [0.1, 0.15) is 17.9 Å². The standard InChI is InChI=1S/C18H20ClN5O4.ClH/c1-20-23-16-11-6-7-24(17(11)22-8-21-16)18-14(27)13(26)15(28-18)12(25)9-2-4-10(19)5-3-9;/h2-8,12-15,18,20,25-27H,1H3,(H,21,22,23);1H/t12?,13-,14+,15+,18+;/m0./s1. The Balaban J connectivity index is 0.00000240. The van der Waals surface area contributed by atoms with Crippen LogP contribution in [-0.4, -0.2) is 55.2 Å². The van der Waals surface area contributed by atoms with Crippen molar-refractivity contribution in [3.8, 4) is 0 Å². The number of ether oxygens (including phenoxy) is 1. The molecule has 0 spiro atoms. The number of nitrogens with zero attached hydrogens (tertiary/aromatic N) is 3. The third-order valence-electron chi connectivity index (χ3n) is 4.83. The molecule has 2 aromatic heterocycles. The van der Waals surface area contributed by atoms with E-state index in [0.717, 1.165) is 0 Å². The topological polar surface area (TPSA) is 128 Å². The number of benzene rings is 1. The number of H-pyrrole nitrogens is 1. The summed E-state index contributed by atoms with van der Waals surface area (Å²) in [6, 6.07) is 8.37. The minimum Gasteiger partial charge on any atom is -0.387 e. The minimum atomic E-state index is -1.28. The summed E-state index contributed by atoms with van der Waals surface area (Å²) < 4.78 is 7.53. The van der Waals surface area contributed by atoms with Crippen molar-refractivity contribution in [3.05, 3.63) is 58.9 Å². The van der Waals surface area contributed by atoms with Crippen LogP contribution >= 0.6 is 24.0 Å². The van der Waals surface area contributed by atoms with E-state index in [4.69, 9.17) is 16.3 Å². The van der Waals surface area contributed by atoms with Crippen LogP contribution in [0.5, 0.6) is 0 Å². The van der Waals surface area contributed by atoms with E-state index in [1.54, 1.807) is 48.1 Å². The number of rotatable bonds is 4. The molecule has 0 radical (unpaired) electrons. The van der Waals surface area contributed by atoms with Crippen LogP contribution in [0.15, 0.2) is 48.0 Å². The molecule has 3 aromatic rings. The lowest BCUT2D eigenvalue weighted by Crippen LogP contribution is -2.34. The molecular formula is C18H21Cl2N5O4. The minimum absolute atomic E-state index is 0. The van der Waals surface area contributed by atoms with Gasteiger partial charge >= 0.3 is 0 Å². The normalized spacial score (nSPS) is 25.8. The first kappa shape index (κ1) is 21.6. The number of nitrogens with one attached hydrogen (secondary N) is 2. The highest BCUT2D eigenvalue weighted by Gasteiger charge is 2.47. The monoisotopic (exact) mass is 441 g/mol. The first-order chi connectivity index (χ1) is 13.5. The van der Waals surface area contributed by atoms with E-state index in [9.17, 15) is 15.3 Å². The third kappa shape index (κ3) is 3.85. The maximum atomic E-state index is 10.7. The first-order valence-electron chi connectivity index (χ1n) is 8.71. The number of aromatic nitrogens is 3. The number of aliphatic hydroxyl groups is 3. The Morgan fingerprint density at radius 2 is 1.97 bits per heavy atom. The molecule has 3 heterocycles. The summed E-state index contributed by atoms with van der Waals surface area (Å²) in [7, 11) is 1.67. The van der Waals surface area contributed by atoms with E-state index in [1.165, 1.54) is 6.33 Å². The van der Waals surface area contributed by atoms with E-state index in [1.807, 2.05) is 0 Å². The predicted octanol–water partition coefficient (Wildman–Crippen LogP) is 0.827. The van der Waals surface area contributed by atoms with Gasteiger partial charge in [-0.25, -0.2) is 4.98 Å². The summed E-state index contributed by atoms with van der Waals surface area (Å²) in [5, 5.41) is 37.1. The van der Waals surface area contributed by atoms with Crippen molar-refractivity contribution in [1.29, 1.82) is 0 Å². The molecule has 1 unspecified atom stereocenters. The van der Waals surface area contributed by atoms with Gasteiger partial charge in [-0.15, -0.1) is 12.4 Å². The maximum Gasteiger partial charge on any atom is 0.184 e. The molecule has 0 aliphatic carbocycles. The number of hydrogen-bond donors (Lipinski definition) is 5. The molecule has 4 rings (SSSR count). The third-order valence-corrected chi connectivity index (χ3v) is 5.09. The lowest BCUT2D eigenvalue weighted by molar-refractivity contribution is -0.0848. The van der Waals surface area contributed by atoms with E-state index in [0.29, 0.717) is 27.1 Å². The molecule has 0 amide bonds. The fourth-order valence-electron chi connectivity index (χ4n) is 3.44. The Morgan fingerprint density at radius 1 is 1.24 bits per heavy atom. The molecule has 29 heavy (non-hydrogen) atoms. The Bertz CT molecular complexity index is 1040. The van der Waals surface area contributed by atoms with E-state index >= 15 is 0 Å². The molecule has 0 saturated carbocycles. The zero-order chi connectivity index (χ0) is 19.8. The average molecular weight is 442 g/mol. The maximum absolute atomic E-state index is 10.7. The van der Waals surface area contributed by atoms with Crippen LogP contribution in [0.4, 0.5) is 0 Å². The number of aromatic amines is 1. The van der Waals surface area contributed by atoms with Crippen LogP contribution in [0, 0.1) is 0 Å². The second kappa shape index (κ2) is 8.70. The van der Waals surface area contributed by atoms with Gasteiger partial charge in [0, 0.05) is 18.3 Å². The van der Waals surface area contributed by atoms with Crippen molar-refractivity contribution >= 4 is 35.0 Å². The Labute approximate surface area is 177 Å². The fourth-order valence-corrected chi connectivity index (χ4v) is 3.56.